The van der Waals surface area contributed by atoms with Crippen LogP contribution in [0.4, 0.5) is 0 Å². The Kier molecular flexibility index (Phi) is 2.81. The number of hydrogen-bond donors (Lipinski definition) is 0. The first kappa shape index (κ1) is 9.90. The SMILES string of the molecule is O=CN1CCCC1C(=O)c1ccccc1. The van der Waals surface area contributed by atoms with Crippen molar-refractivity contribution < 1.29 is 9.59 Å². The molecule has 1 atom stereocenters. The molecule has 1 heterocycles. The van der Waals surface area contributed by atoms with Crippen LogP contribution in [0.3, 0.4) is 0 Å². The third-order valence-corrected chi connectivity index (χ3v) is 2.79. The van der Waals surface area contributed by atoms with Crippen LogP contribution in [0.15, 0.2) is 30.3 Å². The zero-order chi connectivity index (χ0) is 10.7. The third kappa shape index (κ3) is 1.91. The maximum Gasteiger partial charge on any atom is 0.210 e. The summed E-state index contributed by atoms with van der Waals surface area (Å²) in [5, 5.41) is 0. The second-order valence-corrected chi connectivity index (χ2v) is 3.73. The number of rotatable bonds is 3. The zero-order valence-electron chi connectivity index (χ0n) is 8.43. The number of benzene rings is 1. The summed E-state index contributed by atoms with van der Waals surface area (Å²) >= 11 is 0. The maximum atomic E-state index is 12.0. The van der Waals surface area contributed by atoms with Crippen LogP contribution in [0, 0.1) is 0 Å². The Hall–Kier alpha value is -1.64. The van der Waals surface area contributed by atoms with E-state index >= 15 is 0 Å². The first-order chi connectivity index (χ1) is 7.33. The lowest BCUT2D eigenvalue weighted by molar-refractivity contribution is -0.118. The van der Waals surface area contributed by atoms with Gasteiger partial charge in [-0.2, -0.15) is 0 Å². The Labute approximate surface area is 88.7 Å². The van der Waals surface area contributed by atoms with E-state index in [1.54, 1.807) is 17.0 Å². The first-order valence-electron chi connectivity index (χ1n) is 5.13. The molecule has 3 nitrogen and oxygen atoms in total. The molecule has 78 valence electrons. The summed E-state index contributed by atoms with van der Waals surface area (Å²) in [5.41, 5.74) is 0.691. The van der Waals surface area contributed by atoms with Crippen molar-refractivity contribution >= 4 is 12.2 Å². The number of carbonyl (C=O) groups excluding carboxylic acids is 2. The molecule has 0 bridgehead atoms. The molecule has 1 unspecified atom stereocenters. The van der Waals surface area contributed by atoms with E-state index in [2.05, 4.69) is 0 Å². The van der Waals surface area contributed by atoms with Gasteiger partial charge in [0.25, 0.3) is 0 Å². The molecule has 1 aliphatic rings. The molecule has 0 aromatic heterocycles. The predicted molar refractivity (Wildman–Crippen MR) is 56.6 cm³/mol. The molecule has 0 N–H and O–H groups in total. The minimum Gasteiger partial charge on any atom is -0.335 e. The Balaban J connectivity index is 2.18. The van der Waals surface area contributed by atoms with E-state index in [1.807, 2.05) is 18.2 Å². The van der Waals surface area contributed by atoms with Crippen molar-refractivity contribution in [1.29, 1.82) is 0 Å². The number of nitrogens with zero attached hydrogens (tertiary/aromatic N) is 1. The largest absolute Gasteiger partial charge is 0.335 e. The third-order valence-electron chi connectivity index (χ3n) is 2.79. The van der Waals surface area contributed by atoms with Gasteiger partial charge in [-0.25, -0.2) is 0 Å². The van der Waals surface area contributed by atoms with Gasteiger partial charge in [-0.05, 0) is 12.8 Å². The van der Waals surface area contributed by atoms with Crippen molar-refractivity contribution in [3.05, 3.63) is 35.9 Å². The Morgan fingerprint density at radius 2 is 2.07 bits per heavy atom. The molecular formula is C12H13NO2. The van der Waals surface area contributed by atoms with Crippen molar-refractivity contribution in [1.82, 2.24) is 4.90 Å². The van der Waals surface area contributed by atoms with Crippen LogP contribution in [-0.2, 0) is 4.79 Å². The lowest BCUT2D eigenvalue weighted by Crippen LogP contribution is -2.34. The van der Waals surface area contributed by atoms with Crippen LogP contribution in [0.2, 0.25) is 0 Å². The van der Waals surface area contributed by atoms with Gasteiger partial charge in [0.05, 0.1) is 6.04 Å². The normalized spacial score (nSPS) is 20.3. The summed E-state index contributed by atoms with van der Waals surface area (Å²) in [4.78, 5) is 24.3. The quantitative estimate of drug-likeness (QED) is 0.551. The summed E-state index contributed by atoms with van der Waals surface area (Å²) in [7, 11) is 0. The molecule has 0 saturated carbocycles. The molecule has 2 rings (SSSR count). The lowest BCUT2D eigenvalue weighted by Gasteiger charge is -2.18. The van der Waals surface area contributed by atoms with Crippen LogP contribution < -0.4 is 0 Å². The van der Waals surface area contributed by atoms with E-state index in [4.69, 9.17) is 0 Å². The minimum atomic E-state index is -0.245. The summed E-state index contributed by atoms with van der Waals surface area (Å²) in [6.45, 7) is 0.701. The second kappa shape index (κ2) is 4.26. The van der Waals surface area contributed by atoms with Crippen LogP contribution in [0.25, 0.3) is 0 Å². The van der Waals surface area contributed by atoms with Gasteiger partial charge in [0, 0.05) is 12.1 Å². The Morgan fingerprint density at radius 1 is 1.33 bits per heavy atom. The van der Waals surface area contributed by atoms with E-state index in [1.165, 1.54) is 0 Å². The molecule has 0 aliphatic carbocycles. The number of Topliss-reactive ketones (excluding diaryl/α,β-unsaturated/α-hetero) is 1. The molecule has 3 heteroatoms. The highest BCUT2D eigenvalue weighted by Crippen LogP contribution is 2.19. The summed E-state index contributed by atoms with van der Waals surface area (Å²) in [5.74, 6) is 0.0557. The average Bonchev–Trinajstić information content (AvgIpc) is 2.77. The second-order valence-electron chi connectivity index (χ2n) is 3.73. The van der Waals surface area contributed by atoms with Gasteiger partial charge in [0.2, 0.25) is 6.41 Å². The minimum absolute atomic E-state index is 0.0557. The molecule has 0 radical (unpaired) electrons. The van der Waals surface area contributed by atoms with Crippen molar-refractivity contribution in [2.24, 2.45) is 0 Å². The van der Waals surface area contributed by atoms with Crippen molar-refractivity contribution in [3.63, 3.8) is 0 Å². The van der Waals surface area contributed by atoms with E-state index in [9.17, 15) is 9.59 Å². The predicted octanol–water partition coefficient (Wildman–Crippen LogP) is 1.49. The van der Waals surface area contributed by atoms with Crippen LogP contribution in [-0.4, -0.2) is 29.7 Å². The molecular weight excluding hydrogens is 190 g/mol. The molecule has 15 heavy (non-hydrogen) atoms. The van der Waals surface area contributed by atoms with Crippen molar-refractivity contribution in [2.45, 2.75) is 18.9 Å². The van der Waals surface area contributed by atoms with Gasteiger partial charge < -0.3 is 4.90 Å². The van der Waals surface area contributed by atoms with Gasteiger partial charge in [-0.1, -0.05) is 30.3 Å². The topological polar surface area (TPSA) is 37.4 Å². The standard InChI is InChI=1S/C12H13NO2/c14-9-13-8-4-7-11(13)12(15)10-5-2-1-3-6-10/h1-3,5-6,9,11H,4,7-8H2. The molecule has 1 aliphatic heterocycles. The van der Waals surface area contributed by atoms with E-state index in [0.29, 0.717) is 12.1 Å². The fourth-order valence-corrected chi connectivity index (χ4v) is 1.99. The molecule has 1 aromatic rings. The fourth-order valence-electron chi connectivity index (χ4n) is 1.99. The molecule has 0 spiro atoms. The van der Waals surface area contributed by atoms with Crippen molar-refractivity contribution in [2.75, 3.05) is 6.54 Å². The average molecular weight is 203 g/mol. The fraction of sp³-hybridized carbons (Fsp3) is 0.333. The molecule has 1 amide bonds. The van der Waals surface area contributed by atoms with Gasteiger partial charge in [-0.15, -0.1) is 0 Å². The summed E-state index contributed by atoms with van der Waals surface area (Å²) in [6.07, 6.45) is 2.48. The van der Waals surface area contributed by atoms with Gasteiger partial charge in [0.1, 0.15) is 0 Å². The Bertz CT molecular complexity index is 361. The molecule has 1 saturated heterocycles. The van der Waals surface area contributed by atoms with E-state index in [-0.39, 0.29) is 11.8 Å². The monoisotopic (exact) mass is 203 g/mol. The highest BCUT2D eigenvalue weighted by atomic mass is 16.1. The van der Waals surface area contributed by atoms with E-state index in [0.717, 1.165) is 19.3 Å². The zero-order valence-corrected chi connectivity index (χ0v) is 8.43. The number of ketones is 1. The number of hydrogen-bond acceptors (Lipinski definition) is 2. The number of carbonyl (C=O) groups is 2. The van der Waals surface area contributed by atoms with Crippen LogP contribution in [0.1, 0.15) is 23.2 Å². The summed E-state index contributed by atoms with van der Waals surface area (Å²) < 4.78 is 0. The maximum absolute atomic E-state index is 12.0. The van der Waals surface area contributed by atoms with Crippen LogP contribution in [0.5, 0.6) is 0 Å². The van der Waals surface area contributed by atoms with Crippen LogP contribution >= 0.6 is 0 Å². The summed E-state index contributed by atoms with van der Waals surface area (Å²) in [6, 6.07) is 8.90. The highest BCUT2D eigenvalue weighted by Gasteiger charge is 2.29. The lowest BCUT2D eigenvalue weighted by atomic mass is 10.0. The smallest absolute Gasteiger partial charge is 0.210 e. The number of amides is 1. The highest BCUT2D eigenvalue weighted by molar-refractivity contribution is 6.01. The number of likely N-dealkylation sites (tertiary alicyclic amines) is 1. The van der Waals surface area contributed by atoms with Gasteiger partial charge >= 0.3 is 0 Å². The van der Waals surface area contributed by atoms with Crippen molar-refractivity contribution in [3.8, 4) is 0 Å². The molecule has 1 aromatic carbocycles. The van der Waals surface area contributed by atoms with Gasteiger partial charge in [0.15, 0.2) is 5.78 Å². The van der Waals surface area contributed by atoms with Gasteiger partial charge in [-0.3, -0.25) is 9.59 Å². The molecule has 1 fully saturated rings. The van der Waals surface area contributed by atoms with E-state index < -0.39 is 0 Å². The Morgan fingerprint density at radius 3 is 2.73 bits per heavy atom. The first-order valence-corrected chi connectivity index (χ1v) is 5.13.